The van der Waals surface area contributed by atoms with E-state index in [0.29, 0.717) is 18.1 Å². The molecule has 0 N–H and O–H groups in total. The Balaban J connectivity index is 1.52. The molecule has 36 heavy (non-hydrogen) atoms. The Labute approximate surface area is 201 Å². The van der Waals surface area contributed by atoms with Crippen LogP contribution in [0.2, 0.25) is 0 Å². The average Bonchev–Trinajstić information content (AvgIpc) is 3.18. The van der Waals surface area contributed by atoms with Gasteiger partial charge >= 0.3 is 12.1 Å². The lowest BCUT2D eigenvalue weighted by atomic mass is 10.0. The molecule has 3 aromatic carbocycles. The molecule has 3 aromatic rings. The van der Waals surface area contributed by atoms with Crippen LogP contribution < -0.4 is 9.47 Å². The van der Waals surface area contributed by atoms with Gasteiger partial charge in [-0.25, -0.2) is 26.7 Å². The summed E-state index contributed by atoms with van der Waals surface area (Å²) in [6, 6.07) is 5.83. The number of hydrogen-bond donors (Lipinski definition) is 0. The Morgan fingerprint density at radius 3 is 2.06 bits per heavy atom. The largest absolute Gasteiger partial charge is 0.432 e. The molecule has 0 spiro atoms. The van der Waals surface area contributed by atoms with Crippen LogP contribution in [0.5, 0.6) is 11.5 Å². The predicted molar refractivity (Wildman–Crippen MR) is 114 cm³/mol. The third kappa shape index (κ3) is 5.17. The van der Waals surface area contributed by atoms with Gasteiger partial charge in [-0.2, -0.15) is 8.78 Å². The molecule has 190 valence electrons. The monoisotopic (exact) mass is 512 g/mol. The molecule has 0 aromatic heterocycles. The summed E-state index contributed by atoms with van der Waals surface area (Å²) in [6.45, 7) is 2.08. The second kappa shape index (κ2) is 9.83. The van der Waals surface area contributed by atoms with E-state index in [9.17, 15) is 35.5 Å². The Bertz CT molecular complexity index is 1280. The van der Waals surface area contributed by atoms with Crippen LogP contribution in [0.3, 0.4) is 0 Å². The first-order valence-corrected chi connectivity index (χ1v) is 11.0. The highest BCUT2D eigenvalue weighted by Gasteiger charge is 2.42. The number of alkyl halides is 2. The average molecular weight is 512 g/mol. The third-order valence-electron chi connectivity index (χ3n) is 5.88. The number of rotatable bonds is 7. The zero-order valence-corrected chi connectivity index (χ0v) is 18.8. The van der Waals surface area contributed by atoms with Gasteiger partial charge in [0.2, 0.25) is 0 Å². The molecule has 1 atom stereocenters. The Morgan fingerprint density at radius 1 is 0.861 bits per heavy atom. The summed E-state index contributed by atoms with van der Waals surface area (Å²) in [5.41, 5.74) is 0.312. The van der Waals surface area contributed by atoms with Crippen molar-refractivity contribution in [2.45, 2.75) is 38.7 Å². The van der Waals surface area contributed by atoms with Crippen LogP contribution in [0.1, 0.15) is 46.8 Å². The zero-order valence-electron chi connectivity index (χ0n) is 18.8. The van der Waals surface area contributed by atoms with Crippen molar-refractivity contribution in [2.24, 2.45) is 5.92 Å². The van der Waals surface area contributed by atoms with Gasteiger partial charge in [0.05, 0.1) is 5.56 Å². The first-order valence-electron chi connectivity index (χ1n) is 11.0. The maximum absolute atomic E-state index is 14.5. The predicted octanol–water partition coefficient (Wildman–Crippen LogP) is 7.24. The molecule has 0 heterocycles. The van der Waals surface area contributed by atoms with Gasteiger partial charge < -0.3 is 9.47 Å². The lowest BCUT2D eigenvalue weighted by Crippen LogP contribution is -2.25. The van der Waals surface area contributed by atoms with Gasteiger partial charge in [-0.3, -0.25) is 0 Å². The fourth-order valence-electron chi connectivity index (χ4n) is 4.29. The van der Waals surface area contributed by atoms with Gasteiger partial charge in [-0.05, 0) is 42.0 Å². The first kappa shape index (κ1) is 25.5. The molecule has 1 aliphatic carbocycles. The van der Waals surface area contributed by atoms with Crippen molar-refractivity contribution in [3.05, 3.63) is 93.8 Å². The van der Waals surface area contributed by atoms with Gasteiger partial charge in [0, 0.05) is 24.3 Å². The number of fused-ring (bicyclic) bond motifs is 1. The van der Waals surface area contributed by atoms with Crippen LogP contribution >= 0.6 is 0 Å². The number of benzene rings is 3. The molecule has 0 saturated heterocycles. The lowest BCUT2D eigenvalue weighted by Gasteiger charge is -2.20. The van der Waals surface area contributed by atoms with E-state index in [-0.39, 0.29) is 17.7 Å². The molecule has 1 aliphatic rings. The third-order valence-corrected chi connectivity index (χ3v) is 5.88. The van der Waals surface area contributed by atoms with E-state index >= 15 is 0 Å². The SMILES string of the molecule is CCCC1Cc2ccc(C(=O)Oc3cc(F)c(C(F)(F)Oc4cc(F)c(F)c(F)c4)c(F)c3)cc2C1. The Kier molecular flexibility index (Phi) is 6.97. The van der Waals surface area contributed by atoms with Crippen LogP contribution in [0.4, 0.5) is 30.7 Å². The second-order valence-electron chi connectivity index (χ2n) is 8.52. The van der Waals surface area contributed by atoms with Crippen molar-refractivity contribution in [2.75, 3.05) is 0 Å². The van der Waals surface area contributed by atoms with Crippen molar-refractivity contribution in [3.63, 3.8) is 0 Å². The fourth-order valence-corrected chi connectivity index (χ4v) is 4.29. The molecule has 0 saturated carbocycles. The molecule has 3 nitrogen and oxygen atoms in total. The normalized spacial score (nSPS) is 15.1. The van der Waals surface area contributed by atoms with Crippen molar-refractivity contribution in [1.82, 2.24) is 0 Å². The van der Waals surface area contributed by atoms with Gasteiger partial charge in [-0.1, -0.05) is 25.8 Å². The minimum absolute atomic E-state index is 0.0966. The minimum Gasteiger partial charge on any atom is -0.429 e. The minimum atomic E-state index is -4.75. The van der Waals surface area contributed by atoms with Crippen LogP contribution in [0.15, 0.2) is 42.5 Å². The summed E-state index contributed by atoms with van der Waals surface area (Å²) in [7, 11) is 0. The van der Waals surface area contributed by atoms with Gasteiger partial charge in [0.25, 0.3) is 0 Å². The summed E-state index contributed by atoms with van der Waals surface area (Å²) < 4.78 is 106. The standard InChI is InChI=1S/C26H19F7O3/c1-2-3-13-6-14-4-5-15(8-16(14)7-13)25(34)35-17-9-19(27)23(20(28)10-17)26(32,33)36-18-11-21(29)24(31)22(30)12-18/h4-5,8-13H,2-3,6-7H2,1H3. The van der Waals surface area contributed by atoms with Gasteiger partial charge in [-0.15, -0.1) is 0 Å². The second-order valence-corrected chi connectivity index (χ2v) is 8.52. The van der Waals surface area contributed by atoms with Crippen molar-refractivity contribution < 1.29 is 45.0 Å². The van der Waals surface area contributed by atoms with Crippen LogP contribution in [0.25, 0.3) is 0 Å². The topological polar surface area (TPSA) is 35.5 Å². The molecule has 0 aliphatic heterocycles. The first-order chi connectivity index (χ1) is 17.0. The molecule has 0 bridgehead atoms. The summed E-state index contributed by atoms with van der Waals surface area (Å²) in [5, 5.41) is 0. The van der Waals surface area contributed by atoms with E-state index in [1.165, 1.54) is 6.07 Å². The van der Waals surface area contributed by atoms with Crippen molar-refractivity contribution >= 4 is 5.97 Å². The van der Waals surface area contributed by atoms with E-state index in [4.69, 9.17) is 4.74 Å². The number of ether oxygens (including phenoxy) is 2. The van der Waals surface area contributed by atoms with Crippen LogP contribution in [-0.4, -0.2) is 5.97 Å². The molecule has 0 fully saturated rings. The van der Waals surface area contributed by atoms with E-state index in [2.05, 4.69) is 11.7 Å². The number of carbonyl (C=O) groups is 1. The van der Waals surface area contributed by atoms with Gasteiger partial charge in [0.15, 0.2) is 17.5 Å². The molecule has 0 amide bonds. The molecule has 10 heteroatoms. The highest BCUT2D eigenvalue weighted by Crippen LogP contribution is 2.37. The number of esters is 1. The number of hydrogen-bond acceptors (Lipinski definition) is 3. The van der Waals surface area contributed by atoms with Crippen LogP contribution in [-0.2, 0) is 19.0 Å². The van der Waals surface area contributed by atoms with E-state index in [0.717, 1.165) is 36.8 Å². The lowest BCUT2D eigenvalue weighted by molar-refractivity contribution is -0.189. The number of carbonyl (C=O) groups excluding carboxylic acids is 1. The smallest absolute Gasteiger partial charge is 0.429 e. The molecule has 0 radical (unpaired) electrons. The zero-order chi connectivity index (χ0) is 26.2. The summed E-state index contributed by atoms with van der Waals surface area (Å²) in [5.74, 6) is -11.7. The Hall–Kier alpha value is -3.56. The van der Waals surface area contributed by atoms with E-state index in [1.807, 2.05) is 0 Å². The van der Waals surface area contributed by atoms with Crippen molar-refractivity contribution in [1.29, 1.82) is 0 Å². The molecule has 4 rings (SSSR count). The van der Waals surface area contributed by atoms with E-state index < -0.39 is 58.2 Å². The fraction of sp³-hybridized carbons (Fsp3) is 0.269. The molecular weight excluding hydrogens is 493 g/mol. The van der Waals surface area contributed by atoms with Crippen LogP contribution in [0, 0.1) is 35.0 Å². The van der Waals surface area contributed by atoms with E-state index in [1.54, 1.807) is 12.1 Å². The Morgan fingerprint density at radius 2 is 1.44 bits per heavy atom. The molecular formula is C26H19F7O3. The highest BCUT2D eigenvalue weighted by molar-refractivity contribution is 5.91. The maximum atomic E-state index is 14.5. The number of halogens is 7. The summed E-state index contributed by atoms with van der Waals surface area (Å²) in [4.78, 5) is 12.5. The summed E-state index contributed by atoms with van der Waals surface area (Å²) >= 11 is 0. The maximum Gasteiger partial charge on any atom is 0.432 e. The highest BCUT2D eigenvalue weighted by atomic mass is 19.3. The van der Waals surface area contributed by atoms with Crippen molar-refractivity contribution in [3.8, 4) is 11.5 Å². The summed E-state index contributed by atoms with van der Waals surface area (Å²) in [6.07, 6.45) is -0.993. The van der Waals surface area contributed by atoms with Gasteiger partial charge in [0.1, 0.15) is 28.7 Å². The molecule has 1 unspecified atom stereocenters. The quantitative estimate of drug-likeness (QED) is 0.145.